The Morgan fingerprint density at radius 1 is 1.53 bits per heavy atom. The Balaban J connectivity index is 1.65. The smallest absolute Gasteiger partial charge is 0.101 e. The van der Waals surface area contributed by atoms with Crippen LogP contribution in [0, 0.1) is 11.3 Å². The average Bonchev–Trinajstić information content (AvgIpc) is 2.92. The fourth-order valence-electron chi connectivity index (χ4n) is 1.97. The number of anilines is 1. The van der Waals surface area contributed by atoms with Gasteiger partial charge in [-0.05, 0) is 31.0 Å². The zero-order chi connectivity index (χ0) is 13.5. The average molecular weight is 281 g/mol. The van der Waals surface area contributed by atoms with Gasteiger partial charge in [0.2, 0.25) is 0 Å². The van der Waals surface area contributed by atoms with Crippen molar-refractivity contribution in [1.82, 2.24) is 0 Å². The normalized spacial score (nSPS) is 18.2. The summed E-state index contributed by atoms with van der Waals surface area (Å²) in [6.45, 7) is 2.85. The van der Waals surface area contributed by atoms with E-state index in [-0.39, 0.29) is 6.10 Å². The molecule has 1 unspecified atom stereocenters. The Hall–Kier alpha value is -1.28. The molecule has 1 N–H and O–H groups in total. The van der Waals surface area contributed by atoms with E-state index < -0.39 is 0 Å². The van der Waals surface area contributed by atoms with Gasteiger partial charge in [0.15, 0.2) is 0 Å². The number of hydrogen-bond donors (Lipinski definition) is 1. The molecule has 1 aromatic carbocycles. The van der Waals surface area contributed by atoms with Crippen LogP contribution in [0.3, 0.4) is 0 Å². The maximum atomic E-state index is 8.77. The number of rotatable bonds is 6. The van der Waals surface area contributed by atoms with Crippen molar-refractivity contribution in [3.05, 3.63) is 28.8 Å². The molecule has 1 saturated heterocycles. The summed E-state index contributed by atoms with van der Waals surface area (Å²) in [6, 6.07) is 7.33. The first-order chi connectivity index (χ1) is 9.29. The lowest BCUT2D eigenvalue weighted by atomic mass is 10.2. The van der Waals surface area contributed by atoms with Crippen LogP contribution in [0.4, 0.5) is 5.69 Å². The van der Waals surface area contributed by atoms with Crippen LogP contribution < -0.4 is 5.32 Å². The highest BCUT2D eigenvalue weighted by Crippen LogP contribution is 2.19. The monoisotopic (exact) mass is 280 g/mol. The zero-order valence-corrected chi connectivity index (χ0v) is 11.4. The molecule has 0 amide bonds. The second-order valence-electron chi connectivity index (χ2n) is 4.44. The van der Waals surface area contributed by atoms with E-state index in [4.69, 9.17) is 26.3 Å². The second kappa shape index (κ2) is 7.34. The van der Waals surface area contributed by atoms with Gasteiger partial charge < -0.3 is 14.8 Å². The van der Waals surface area contributed by atoms with Crippen LogP contribution in [-0.4, -0.2) is 32.5 Å². The maximum Gasteiger partial charge on any atom is 0.101 e. The SMILES string of the molecule is N#Cc1ccc(NCCOCC2CCCO2)cc1Cl. The third-order valence-electron chi connectivity index (χ3n) is 2.99. The van der Waals surface area contributed by atoms with E-state index in [2.05, 4.69) is 5.32 Å². The molecule has 0 bridgehead atoms. The van der Waals surface area contributed by atoms with Crippen molar-refractivity contribution in [2.75, 3.05) is 31.7 Å². The standard InChI is InChI=1S/C14H17ClN2O2/c15-14-8-12(4-3-11(14)9-16)17-5-7-18-10-13-2-1-6-19-13/h3-4,8,13,17H,1-2,5-7,10H2. The predicted octanol–water partition coefficient (Wildman–Crippen LogP) is 2.82. The molecule has 2 rings (SSSR count). The van der Waals surface area contributed by atoms with Gasteiger partial charge in [-0.3, -0.25) is 0 Å². The third kappa shape index (κ3) is 4.39. The minimum atomic E-state index is 0.268. The molecule has 0 aromatic heterocycles. The third-order valence-corrected chi connectivity index (χ3v) is 3.31. The minimum Gasteiger partial charge on any atom is -0.383 e. The molecule has 0 aliphatic carbocycles. The van der Waals surface area contributed by atoms with Gasteiger partial charge in [0.1, 0.15) is 6.07 Å². The van der Waals surface area contributed by atoms with Crippen molar-refractivity contribution < 1.29 is 9.47 Å². The Morgan fingerprint density at radius 3 is 3.11 bits per heavy atom. The van der Waals surface area contributed by atoms with Gasteiger partial charge in [-0.15, -0.1) is 0 Å². The molecular weight excluding hydrogens is 264 g/mol. The van der Waals surface area contributed by atoms with Crippen LogP contribution in [0.1, 0.15) is 18.4 Å². The number of halogens is 1. The number of nitriles is 1. The molecule has 1 heterocycles. The van der Waals surface area contributed by atoms with E-state index >= 15 is 0 Å². The van der Waals surface area contributed by atoms with Gasteiger partial charge in [0.05, 0.1) is 29.9 Å². The fraction of sp³-hybridized carbons (Fsp3) is 0.500. The molecule has 19 heavy (non-hydrogen) atoms. The molecule has 1 aliphatic rings. The number of benzene rings is 1. The highest BCUT2D eigenvalue weighted by molar-refractivity contribution is 6.32. The van der Waals surface area contributed by atoms with Crippen molar-refractivity contribution in [3.8, 4) is 6.07 Å². The summed E-state index contributed by atoms with van der Waals surface area (Å²) in [5.74, 6) is 0. The number of nitrogens with one attached hydrogen (secondary N) is 1. The molecule has 102 valence electrons. The van der Waals surface area contributed by atoms with E-state index in [9.17, 15) is 0 Å². The number of ether oxygens (including phenoxy) is 2. The maximum absolute atomic E-state index is 8.77. The van der Waals surface area contributed by atoms with E-state index in [1.54, 1.807) is 12.1 Å². The minimum absolute atomic E-state index is 0.268. The molecular formula is C14H17ClN2O2. The number of hydrogen-bond acceptors (Lipinski definition) is 4. The van der Waals surface area contributed by atoms with Crippen molar-refractivity contribution >= 4 is 17.3 Å². The first kappa shape index (κ1) is 14.1. The summed E-state index contributed by atoms with van der Waals surface area (Å²) in [6.07, 6.45) is 2.50. The molecule has 4 nitrogen and oxygen atoms in total. The largest absolute Gasteiger partial charge is 0.383 e. The molecule has 1 aromatic rings. The Bertz CT molecular complexity index is 453. The Kier molecular flexibility index (Phi) is 5.46. The summed E-state index contributed by atoms with van der Waals surface area (Å²) in [7, 11) is 0. The first-order valence-electron chi connectivity index (χ1n) is 6.42. The van der Waals surface area contributed by atoms with Gasteiger partial charge in [-0.25, -0.2) is 0 Å². The number of nitrogens with zero attached hydrogens (tertiary/aromatic N) is 1. The molecule has 0 saturated carbocycles. The Morgan fingerprint density at radius 2 is 2.42 bits per heavy atom. The fourth-order valence-corrected chi connectivity index (χ4v) is 2.20. The quantitative estimate of drug-likeness (QED) is 0.814. The summed E-state index contributed by atoms with van der Waals surface area (Å²) in [5.41, 5.74) is 1.38. The van der Waals surface area contributed by atoms with Crippen LogP contribution in [0.2, 0.25) is 5.02 Å². The van der Waals surface area contributed by atoms with Gasteiger partial charge in [0.25, 0.3) is 0 Å². The van der Waals surface area contributed by atoms with Gasteiger partial charge in [-0.2, -0.15) is 5.26 Å². The lowest BCUT2D eigenvalue weighted by molar-refractivity contribution is 0.0206. The van der Waals surface area contributed by atoms with Crippen LogP contribution in [0.25, 0.3) is 0 Å². The highest BCUT2D eigenvalue weighted by atomic mass is 35.5. The van der Waals surface area contributed by atoms with E-state index in [0.717, 1.165) is 25.1 Å². The first-order valence-corrected chi connectivity index (χ1v) is 6.80. The topological polar surface area (TPSA) is 54.3 Å². The lowest BCUT2D eigenvalue weighted by Crippen LogP contribution is -2.17. The summed E-state index contributed by atoms with van der Waals surface area (Å²) in [4.78, 5) is 0. The lowest BCUT2D eigenvalue weighted by Gasteiger charge is -2.11. The van der Waals surface area contributed by atoms with E-state index in [1.807, 2.05) is 12.1 Å². The van der Waals surface area contributed by atoms with Gasteiger partial charge in [0, 0.05) is 18.8 Å². The molecule has 0 radical (unpaired) electrons. The Labute approximate surface area is 118 Å². The predicted molar refractivity (Wildman–Crippen MR) is 74.4 cm³/mol. The summed E-state index contributed by atoms with van der Waals surface area (Å²) >= 11 is 5.95. The molecule has 1 fully saturated rings. The van der Waals surface area contributed by atoms with Crippen LogP contribution >= 0.6 is 11.6 Å². The highest BCUT2D eigenvalue weighted by Gasteiger charge is 2.14. The van der Waals surface area contributed by atoms with E-state index in [1.165, 1.54) is 0 Å². The second-order valence-corrected chi connectivity index (χ2v) is 4.85. The van der Waals surface area contributed by atoms with Crippen LogP contribution in [-0.2, 0) is 9.47 Å². The van der Waals surface area contributed by atoms with Crippen LogP contribution in [0.5, 0.6) is 0 Å². The molecule has 1 aliphatic heterocycles. The van der Waals surface area contributed by atoms with Gasteiger partial charge >= 0.3 is 0 Å². The van der Waals surface area contributed by atoms with Crippen molar-refractivity contribution in [1.29, 1.82) is 5.26 Å². The van der Waals surface area contributed by atoms with E-state index in [0.29, 0.717) is 30.3 Å². The van der Waals surface area contributed by atoms with Gasteiger partial charge in [-0.1, -0.05) is 11.6 Å². The van der Waals surface area contributed by atoms with Crippen molar-refractivity contribution in [2.45, 2.75) is 18.9 Å². The van der Waals surface area contributed by atoms with Crippen LogP contribution in [0.15, 0.2) is 18.2 Å². The molecule has 0 spiro atoms. The molecule has 5 heteroatoms. The van der Waals surface area contributed by atoms with Crippen molar-refractivity contribution in [3.63, 3.8) is 0 Å². The molecule has 1 atom stereocenters. The van der Waals surface area contributed by atoms with Crippen molar-refractivity contribution in [2.24, 2.45) is 0 Å². The zero-order valence-electron chi connectivity index (χ0n) is 10.7. The summed E-state index contributed by atoms with van der Waals surface area (Å²) < 4.78 is 11.0. The summed E-state index contributed by atoms with van der Waals surface area (Å²) in [5, 5.41) is 12.4.